The van der Waals surface area contributed by atoms with E-state index in [-0.39, 0.29) is 6.54 Å². The van der Waals surface area contributed by atoms with E-state index in [0.29, 0.717) is 15.9 Å². The van der Waals surface area contributed by atoms with Gasteiger partial charge in [-0.2, -0.15) is 18.3 Å². The number of nitrogens with one attached hydrogen (secondary N) is 1. The molecule has 0 saturated heterocycles. The van der Waals surface area contributed by atoms with Gasteiger partial charge in [0.15, 0.2) is 5.65 Å². The van der Waals surface area contributed by atoms with Crippen LogP contribution in [0.25, 0.3) is 5.65 Å². The molecule has 9 heteroatoms. The Morgan fingerprint density at radius 1 is 1.44 bits per heavy atom. The lowest BCUT2D eigenvalue weighted by Crippen LogP contribution is -2.15. The van der Waals surface area contributed by atoms with Crippen molar-refractivity contribution in [1.82, 2.24) is 14.6 Å². The number of hydrogen-bond acceptors (Lipinski definition) is 3. The van der Waals surface area contributed by atoms with Gasteiger partial charge in [-0.15, -0.1) is 0 Å². The number of fused-ring (bicyclic) bond motifs is 1. The molecule has 0 atom stereocenters. The van der Waals surface area contributed by atoms with Gasteiger partial charge in [0.05, 0.1) is 18.3 Å². The third-order valence-corrected chi connectivity index (χ3v) is 3.24. The number of nitrogens with zero attached hydrogens (tertiary/aromatic N) is 3. The molecule has 0 saturated carbocycles. The molecule has 2 heterocycles. The van der Waals surface area contributed by atoms with Crippen LogP contribution in [0.15, 0.2) is 16.9 Å². The molecule has 0 spiro atoms. The fourth-order valence-corrected chi connectivity index (χ4v) is 2.24. The van der Waals surface area contributed by atoms with E-state index >= 15 is 0 Å². The summed E-state index contributed by atoms with van der Waals surface area (Å²) in [5.41, 5.74) is 1.02. The molecule has 18 heavy (non-hydrogen) atoms. The second-order valence-corrected chi connectivity index (χ2v) is 5.41. The van der Waals surface area contributed by atoms with Crippen molar-refractivity contribution in [2.45, 2.75) is 12.6 Å². The summed E-state index contributed by atoms with van der Waals surface area (Å²) in [6.07, 6.45) is -3.46. The van der Waals surface area contributed by atoms with E-state index in [2.05, 4.69) is 31.3 Å². The number of hydrogen-bond donors (Lipinski definition) is 1. The highest BCUT2D eigenvalue weighted by atomic mass is 127. The molecule has 0 bridgehead atoms. The summed E-state index contributed by atoms with van der Waals surface area (Å²) in [6, 6.07) is 1.61. The minimum absolute atomic E-state index is 0.195. The van der Waals surface area contributed by atoms with Crippen molar-refractivity contribution in [1.29, 1.82) is 0 Å². The normalized spacial score (nSPS) is 12.1. The van der Waals surface area contributed by atoms with E-state index in [0.717, 1.165) is 3.70 Å². The first-order valence-electron chi connectivity index (χ1n) is 4.87. The number of halogens is 5. The summed E-state index contributed by atoms with van der Waals surface area (Å²) < 4.78 is 39.1. The van der Waals surface area contributed by atoms with Crippen molar-refractivity contribution in [2.75, 3.05) is 11.9 Å². The Hall–Kier alpha value is -0.580. The highest BCUT2D eigenvalue weighted by molar-refractivity contribution is 14.1. The molecule has 0 aliphatic rings. The van der Waals surface area contributed by atoms with E-state index < -0.39 is 12.6 Å². The van der Waals surface area contributed by atoms with Gasteiger partial charge in [-0.25, -0.2) is 9.50 Å². The molecule has 0 aliphatic carbocycles. The predicted octanol–water partition coefficient (Wildman–Crippen LogP) is 3.46. The lowest BCUT2D eigenvalue weighted by molar-refractivity contribution is -0.131. The Bertz CT molecular complexity index is 569. The van der Waals surface area contributed by atoms with E-state index in [1.807, 2.05) is 22.6 Å². The minimum Gasteiger partial charge on any atom is -0.382 e. The van der Waals surface area contributed by atoms with E-state index in [1.165, 1.54) is 0 Å². The monoisotopic (exact) mass is 434 g/mol. The van der Waals surface area contributed by atoms with Gasteiger partial charge in [0.25, 0.3) is 0 Å². The van der Waals surface area contributed by atoms with Crippen molar-refractivity contribution in [3.05, 3.63) is 20.6 Å². The lowest BCUT2D eigenvalue weighted by Gasteiger charge is -2.10. The second kappa shape index (κ2) is 5.19. The van der Waals surface area contributed by atoms with Crippen molar-refractivity contribution in [3.63, 3.8) is 0 Å². The van der Waals surface area contributed by atoms with Crippen LogP contribution < -0.4 is 5.32 Å². The number of aromatic nitrogens is 3. The third-order valence-electron chi connectivity index (χ3n) is 2.12. The molecule has 0 fully saturated rings. The van der Waals surface area contributed by atoms with Crippen molar-refractivity contribution in [2.24, 2.45) is 0 Å². The molecular formula is C9H7BrF3IN4. The molecule has 2 aromatic heterocycles. The SMILES string of the molecule is FC(F)(F)CCNc1cc(Br)nn2c(I)cnc12. The maximum absolute atomic E-state index is 12.1. The van der Waals surface area contributed by atoms with Crippen LogP contribution >= 0.6 is 38.5 Å². The average molecular weight is 435 g/mol. The zero-order chi connectivity index (χ0) is 13.3. The number of rotatable bonds is 3. The number of imidazole rings is 1. The zero-order valence-electron chi connectivity index (χ0n) is 8.80. The summed E-state index contributed by atoms with van der Waals surface area (Å²) in [5.74, 6) is 0. The quantitative estimate of drug-likeness (QED) is 0.752. The summed E-state index contributed by atoms with van der Waals surface area (Å²) in [6.45, 7) is -0.195. The smallest absolute Gasteiger partial charge is 0.382 e. The summed E-state index contributed by atoms with van der Waals surface area (Å²) in [5, 5.41) is 6.88. The first kappa shape index (κ1) is 13.8. The Labute approximate surface area is 122 Å². The Morgan fingerprint density at radius 3 is 2.83 bits per heavy atom. The molecule has 1 N–H and O–H groups in total. The van der Waals surface area contributed by atoms with Gasteiger partial charge in [-0.05, 0) is 44.6 Å². The molecule has 0 radical (unpaired) electrons. The summed E-state index contributed by atoms with van der Waals surface area (Å²) in [4.78, 5) is 4.10. The predicted molar refractivity (Wildman–Crippen MR) is 72.6 cm³/mol. The van der Waals surface area contributed by atoms with Gasteiger partial charge < -0.3 is 5.32 Å². The van der Waals surface area contributed by atoms with Gasteiger partial charge >= 0.3 is 6.18 Å². The Morgan fingerprint density at radius 2 is 2.17 bits per heavy atom. The largest absolute Gasteiger partial charge is 0.390 e. The highest BCUT2D eigenvalue weighted by Gasteiger charge is 2.26. The van der Waals surface area contributed by atoms with Crippen LogP contribution in [0.5, 0.6) is 0 Å². The van der Waals surface area contributed by atoms with Crippen LogP contribution in [0.1, 0.15) is 6.42 Å². The van der Waals surface area contributed by atoms with Crippen LogP contribution in [0.3, 0.4) is 0 Å². The second-order valence-electron chi connectivity index (χ2n) is 3.49. The number of alkyl halides is 3. The van der Waals surface area contributed by atoms with Crippen LogP contribution in [0, 0.1) is 3.70 Å². The lowest BCUT2D eigenvalue weighted by atomic mass is 10.4. The molecule has 2 rings (SSSR count). The first-order valence-corrected chi connectivity index (χ1v) is 6.74. The maximum atomic E-state index is 12.1. The van der Waals surface area contributed by atoms with Crippen molar-refractivity contribution < 1.29 is 13.2 Å². The Kier molecular flexibility index (Phi) is 3.99. The molecule has 0 aromatic carbocycles. The minimum atomic E-state index is -4.17. The van der Waals surface area contributed by atoms with E-state index in [1.54, 1.807) is 16.8 Å². The molecule has 2 aromatic rings. The van der Waals surface area contributed by atoms with Gasteiger partial charge in [0.1, 0.15) is 8.30 Å². The van der Waals surface area contributed by atoms with Gasteiger partial charge in [-0.1, -0.05) is 0 Å². The topological polar surface area (TPSA) is 42.2 Å². The molecule has 4 nitrogen and oxygen atoms in total. The van der Waals surface area contributed by atoms with Gasteiger partial charge in [-0.3, -0.25) is 0 Å². The molecule has 0 aliphatic heterocycles. The maximum Gasteiger partial charge on any atom is 0.390 e. The molecular weight excluding hydrogens is 428 g/mol. The summed E-state index contributed by atoms with van der Waals surface area (Å²) in [7, 11) is 0. The van der Waals surface area contributed by atoms with Crippen LogP contribution in [0.2, 0.25) is 0 Å². The van der Waals surface area contributed by atoms with E-state index in [9.17, 15) is 13.2 Å². The standard InChI is InChI=1S/C9H7BrF3IN4/c10-6-3-5(15-2-1-9(11,12)13)8-16-4-7(14)18(8)17-6/h3-4,15H,1-2H2. The molecule has 0 amide bonds. The van der Waals surface area contributed by atoms with Crippen LogP contribution in [0.4, 0.5) is 18.9 Å². The Balaban J connectivity index is 2.22. The average Bonchev–Trinajstić information content (AvgIpc) is 2.59. The third kappa shape index (κ3) is 3.25. The van der Waals surface area contributed by atoms with Gasteiger partial charge in [0, 0.05) is 6.54 Å². The van der Waals surface area contributed by atoms with Crippen LogP contribution in [-0.2, 0) is 0 Å². The fraction of sp³-hybridized carbons (Fsp3) is 0.333. The van der Waals surface area contributed by atoms with Gasteiger partial charge in [0.2, 0.25) is 0 Å². The van der Waals surface area contributed by atoms with Crippen LogP contribution in [-0.4, -0.2) is 27.3 Å². The highest BCUT2D eigenvalue weighted by Crippen LogP contribution is 2.23. The van der Waals surface area contributed by atoms with Crippen molar-refractivity contribution in [3.8, 4) is 0 Å². The zero-order valence-corrected chi connectivity index (χ0v) is 12.5. The van der Waals surface area contributed by atoms with Crippen molar-refractivity contribution >= 4 is 49.9 Å². The fourth-order valence-electron chi connectivity index (χ4n) is 1.38. The number of anilines is 1. The summed E-state index contributed by atoms with van der Waals surface area (Å²) >= 11 is 5.25. The van der Waals surface area contributed by atoms with E-state index in [4.69, 9.17) is 0 Å². The molecule has 98 valence electrons. The first-order chi connectivity index (χ1) is 8.37. The molecule has 0 unspecified atom stereocenters.